The van der Waals surface area contributed by atoms with Gasteiger partial charge in [0.1, 0.15) is 10.1 Å². The number of rotatable bonds is 5. The van der Waals surface area contributed by atoms with Crippen molar-refractivity contribution in [1.82, 2.24) is 9.47 Å². The SMILES string of the molecule is O=C1/C(=C/c2cn(Cc3ccc(F)cc3)c3ccc(Br)cc23)SC(=S)N1C[C@@H]1CCCO1. The zero-order valence-corrected chi connectivity index (χ0v) is 20.3. The van der Waals surface area contributed by atoms with Crippen LogP contribution in [0.5, 0.6) is 0 Å². The third-order valence-corrected chi connectivity index (χ3v) is 7.58. The maximum absolute atomic E-state index is 13.3. The maximum atomic E-state index is 13.3. The van der Waals surface area contributed by atoms with Crippen molar-refractivity contribution in [3.8, 4) is 0 Å². The van der Waals surface area contributed by atoms with Gasteiger partial charge in [0.15, 0.2) is 0 Å². The lowest BCUT2D eigenvalue weighted by molar-refractivity contribution is -0.123. The minimum absolute atomic E-state index is 0.0606. The zero-order chi connectivity index (χ0) is 22.2. The fourth-order valence-corrected chi connectivity index (χ4v) is 5.75. The molecule has 1 aromatic heterocycles. The van der Waals surface area contributed by atoms with Gasteiger partial charge < -0.3 is 9.30 Å². The van der Waals surface area contributed by atoms with E-state index in [2.05, 4.69) is 26.6 Å². The molecule has 2 aliphatic heterocycles. The highest BCUT2D eigenvalue weighted by Gasteiger charge is 2.34. The zero-order valence-electron chi connectivity index (χ0n) is 17.1. The number of nitrogens with zero attached hydrogens (tertiary/aromatic N) is 2. The summed E-state index contributed by atoms with van der Waals surface area (Å²) in [5.41, 5.74) is 2.99. The topological polar surface area (TPSA) is 34.5 Å². The Kier molecular flexibility index (Phi) is 6.20. The molecule has 3 heterocycles. The van der Waals surface area contributed by atoms with Crippen LogP contribution < -0.4 is 0 Å². The first-order valence-corrected chi connectivity index (χ1v) is 12.4. The summed E-state index contributed by atoms with van der Waals surface area (Å²) in [7, 11) is 0. The molecule has 2 aliphatic rings. The van der Waals surface area contributed by atoms with Crippen molar-refractivity contribution in [2.24, 2.45) is 0 Å². The Bertz CT molecular complexity index is 1230. The van der Waals surface area contributed by atoms with E-state index in [9.17, 15) is 9.18 Å². The highest BCUT2D eigenvalue weighted by atomic mass is 79.9. The van der Waals surface area contributed by atoms with Crippen LogP contribution in [0.2, 0.25) is 0 Å². The number of carbonyl (C=O) groups is 1. The van der Waals surface area contributed by atoms with Gasteiger partial charge in [0.05, 0.1) is 17.6 Å². The van der Waals surface area contributed by atoms with E-state index in [0.29, 0.717) is 22.3 Å². The van der Waals surface area contributed by atoms with E-state index in [1.807, 2.05) is 24.4 Å². The van der Waals surface area contributed by atoms with Gasteiger partial charge in [-0.2, -0.15) is 0 Å². The van der Waals surface area contributed by atoms with E-state index in [1.54, 1.807) is 17.0 Å². The van der Waals surface area contributed by atoms with Crippen molar-refractivity contribution in [3.05, 3.63) is 75.0 Å². The van der Waals surface area contributed by atoms with Gasteiger partial charge in [0.2, 0.25) is 0 Å². The molecule has 0 unspecified atom stereocenters. The molecule has 4 nitrogen and oxygen atoms in total. The summed E-state index contributed by atoms with van der Waals surface area (Å²) in [6, 6.07) is 12.6. The van der Waals surface area contributed by atoms with Crippen molar-refractivity contribution >= 4 is 67.1 Å². The minimum Gasteiger partial charge on any atom is -0.376 e. The molecule has 2 fully saturated rings. The van der Waals surface area contributed by atoms with E-state index in [-0.39, 0.29) is 17.8 Å². The third kappa shape index (κ3) is 4.41. The van der Waals surface area contributed by atoms with Gasteiger partial charge in [-0.15, -0.1) is 0 Å². The molecule has 1 atom stereocenters. The summed E-state index contributed by atoms with van der Waals surface area (Å²) in [5, 5.41) is 1.03. The molecular weight excluding hydrogens is 511 g/mol. The van der Waals surface area contributed by atoms with E-state index in [1.165, 1.54) is 23.9 Å². The van der Waals surface area contributed by atoms with Crippen molar-refractivity contribution in [1.29, 1.82) is 0 Å². The minimum atomic E-state index is -0.249. The molecule has 1 amide bonds. The molecule has 0 spiro atoms. The quantitative estimate of drug-likeness (QED) is 0.300. The van der Waals surface area contributed by atoms with Crippen molar-refractivity contribution < 1.29 is 13.9 Å². The standard InChI is InChI=1S/C24H20BrFN2O2S2/c25-17-5-8-21-20(11-17)16(13-27(21)12-15-3-6-18(26)7-4-15)10-22-23(29)28(24(31)32-22)14-19-2-1-9-30-19/h3-8,10-11,13,19H,1-2,9,12,14H2/b22-10-/t19-/m0/s1. The molecule has 2 aromatic carbocycles. The second-order valence-electron chi connectivity index (χ2n) is 7.93. The molecule has 8 heteroatoms. The first-order chi connectivity index (χ1) is 15.5. The van der Waals surface area contributed by atoms with Crippen LogP contribution in [0.3, 0.4) is 0 Å². The van der Waals surface area contributed by atoms with Crippen molar-refractivity contribution in [2.45, 2.75) is 25.5 Å². The van der Waals surface area contributed by atoms with Gasteiger partial charge in [0, 0.05) is 40.3 Å². The summed E-state index contributed by atoms with van der Waals surface area (Å²) >= 11 is 10.4. The second-order valence-corrected chi connectivity index (χ2v) is 10.5. The number of ether oxygens (including phenoxy) is 1. The smallest absolute Gasteiger partial charge is 0.266 e. The fraction of sp³-hybridized carbons (Fsp3) is 0.250. The molecule has 0 bridgehead atoms. The monoisotopic (exact) mass is 530 g/mol. The number of benzene rings is 2. The number of halogens is 2. The van der Waals surface area contributed by atoms with Gasteiger partial charge in [-0.25, -0.2) is 4.39 Å². The molecule has 32 heavy (non-hydrogen) atoms. The van der Waals surface area contributed by atoms with Crippen LogP contribution in [0.1, 0.15) is 24.0 Å². The third-order valence-electron chi connectivity index (χ3n) is 5.71. The summed E-state index contributed by atoms with van der Waals surface area (Å²) in [6.45, 7) is 1.86. The van der Waals surface area contributed by atoms with Crippen LogP contribution in [0.15, 0.2) is 58.0 Å². The number of carbonyl (C=O) groups excluding carboxylic acids is 1. The molecule has 0 saturated carbocycles. The fourth-order valence-electron chi connectivity index (χ4n) is 4.12. The van der Waals surface area contributed by atoms with Crippen molar-refractivity contribution in [3.63, 3.8) is 0 Å². The maximum Gasteiger partial charge on any atom is 0.266 e. The highest BCUT2D eigenvalue weighted by Crippen LogP contribution is 2.36. The van der Waals surface area contributed by atoms with E-state index in [4.69, 9.17) is 17.0 Å². The Morgan fingerprint density at radius 2 is 2.06 bits per heavy atom. The Balaban J connectivity index is 1.47. The predicted octanol–water partition coefficient (Wildman–Crippen LogP) is 5.97. The predicted molar refractivity (Wildman–Crippen MR) is 134 cm³/mol. The summed E-state index contributed by atoms with van der Waals surface area (Å²) in [4.78, 5) is 15.4. The normalized spacial score (nSPS) is 20.2. The largest absolute Gasteiger partial charge is 0.376 e. The van der Waals surface area contributed by atoms with E-state index in [0.717, 1.165) is 46.0 Å². The molecule has 5 rings (SSSR count). The molecule has 0 radical (unpaired) electrons. The van der Waals surface area contributed by atoms with Gasteiger partial charge in [-0.05, 0) is 54.8 Å². The van der Waals surface area contributed by atoms with Crippen LogP contribution in [0.4, 0.5) is 4.39 Å². The number of thiocarbonyl (C=S) groups is 1. The molecule has 2 saturated heterocycles. The van der Waals surface area contributed by atoms with Gasteiger partial charge >= 0.3 is 0 Å². The number of fused-ring (bicyclic) bond motifs is 1. The van der Waals surface area contributed by atoms with Gasteiger partial charge in [-0.1, -0.05) is 52.0 Å². The lowest BCUT2D eigenvalue weighted by Gasteiger charge is -2.18. The number of aromatic nitrogens is 1. The van der Waals surface area contributed by atoms with Crippen LogP contribution in [-0.2, 0) is 16.1 Å². The molecule has 164 valence electrons. The summed E-state index contributed by atoms with van der Waals surface area (Å²) < 4.78 is 22.7. The molecule has 0 aliphatic carbocycles. The Morgan fingerprint density at radius 3 is 2.81 bits per heavy atom. The second kappa shape index (κ2) is 9.09. The highest BCUT2D eigenvalue weighted by molar-refractivity contribution is 9.10. The Labute approximate surface area is 203 Å². The first-order valence-electron chi connectivity index (χ1n) is 10.4. The number of thioether (sulfide) groups is 1. The lowest BCUT2D eigenvalue weighted by atomic mass is 10.1. The molecule has 3 aromatic rings. The van der Waals surface area contributed by atoms with Gasteiger partial charge in [0.25, 0.3) is 5.91 Å². The van der Waals surface area contributed by atoms with Crippen LogP contribution >= 0.6 is 39.9 Å². The average molecular weight is 531 g/mol. The Hall–Kier alpha value is -2.00. The lowest BCUT2D eigenvalue weighted by Crippen LogP contribution is -2.35. The average Bonchev–Trinajstić information content (AvgIpc) is 3.46. The first kappa shape index (κ1) is 21.8. The van der Waals surface area contributed by atoms with Crippen LogP contribution in [0.25, 0.3) is 17.0 Å². The van der Waals surface area contributed by atoms with Crippen LogP contribution in [-0.4, -0.2) is 39.0 Å². The molecular formula is C24H20BrFN2O2S2. The Morgan fingerprint density at radius 1 is 1.25 bits per heavy atom. The summed E-state index contributed by atoms with van der Waals surface area (Å²) in [5.74, 6) is -0.314. The van der Waals surface area contributed by atoms with Crippen molar-refractivity contribution in [2.75, 3.05) is 13.2 Å². The van der Waals surface area contributed by atoms with Crippen LogP contribution in [0, 0.1) is 5.82 Å². The molecule has 0 N–H and O–H groups in total. The van der Waals surface area contributed by atoms with E-state index >= 15 is 0 Å². The number of hydrogen-bond acceptors (Lipinski definition) is 4. The van der Waals surface area contributed by atoms with Gasteiger partial charge in [-0.3, -0.25) is 9.69 Å². The number of hydrogen-bond donors (Lipinski definition) is 0. The van der Waals surface area contributed by atoms with E-state index < -0.39 is 0 Å². The summed E-state index contributed by atoms with van der Waals surface area (Å²) in [6.07, 6.45) is 6.00. The number of amides is 1.